The van der Waals surface area contributed by atoms with Crippen LogP contribution in [-0.4, -0.2) is 18.1 Å². The van der Waals surface area contributed by atoms with E-state index in [2.05, 4.69) is 0 Å². The van der Waals surface area contributed by atoms with Gasteiger partial charge in [0.1, 0.15) is 5.75 Å². The smallest absolute Gasteiger partial charge is 0.294 e. The van der Waals surface area contributed by atoms with E-state index in [4.69, 9.17) is 9.66 Å². The van der Waals surface area contributed by atoms with Gasteiger partial charge in [0, 0.05) is 0 Å². The summed E-state index contributed by atoms with van der Waals surface area (Å²) in [5, 5.41) is 11.4. The van der Waals surface area contributed by atoms with Crippen LogP contribution in [0.15, 0.2) is 71.6 Å². The fourth-order valence-electron chi connectivity index (χ4n) is 1.89. The molecule has 0 saturated carbocycles. The molecule has 0 amide bonds. The normalized spacial score (nSPS) is 10.8. The molecule has 0 spiro atoms. The van der Waals surface area contributed by atoms with Gasteiger partial charge in [-0.05, 0) is 42.0 Å². The number of aromatic hydroxyl groups is 1. The van der Waals surface area contributed by atoms with Crippen molar-refractivity contribution in [1.82, 2.24) is 0 Å². The minimum absolute atomic E-state index is 0.0666. The lowest BCUT2D eigenvalue weighted by molar-refractivity contribution is 0.476. The Balaban J connectivity index is 0.000000160. The van der Waals surface area contributed by atoms with Crippen LogP contribution in [0.1, 0.15) is 5.56 Å². The molecule has 3 aromatic rings. The summed E-state index contributed by atoms with van der Waals surface area (Å²) < 4.78 is 29.6. The predicted octanol–water partition coefficient (Wildman–Crippen LogP) is 3.79. The third-order valence-corrected chi connectivity index (χ3v) is 3.92. The van der Waals surface area contributed by atoms with Crippen molar-refractivity contribution in [3.8, 4) is 5.75 Å². The van der Waals surface area contributed by atoms with Gasteiger partial charge in [-0.3, -0.25) is 4.55 Å². The Morgan fingerprint density at radius 3 is 2.00 bits per heavy atom. The lowest BCUT2D eigenvalue weighted by Crippen LogP contribution is -1.96. The lowest BCUT2D eigenvalue weighted by Gasteiger charge is -1.96. The molecule has 0 aliphatic rings. The summed E-state index contributed by atoms with van der Waals surface area (Å²) in [7, 11) is -4.02. The van der Waals surface area contributed by atoms with Crippen molar-refractivity contribution in [3.05, 3.63) is 72.3 Å². The first kappa shape index (κ1) is 16.0. The molecule has 3 aromatic carbocycles. The van der Waals surface area contributed by atoms with E-state index in [9.17, 15) is 8.42 Å². The predicted molar refractivity (Wildman–Crippen MR) is 86.6 cm³/mol. The zero-order chi connectivity index (χ0) is 16.2. The maximum absolute atomic E-state index is 10.5. The van der Waals surface area contributed by atoms with Crippen LogP contribution in [-0.2, 0) is 10.1 Å². The van der Waals surface area contributed by atoms with Gasteiger partial charge in [-0.1, -0.05) is 48.0 Å². The van der Waals surface area contributed by atoms with Crippen molar-refractivity contribution in [2.24, 2.45) is 0 Å². The second-order valence-electron chi connectivity index (χ2n) is 4.82. The molecule has 0 atom stereocenters. The molecule has 0 aromatic heterocycles. The zero-order valence-electron chi connectivity index (χ0n) is 12.0. The Hall–Kier alpha value is -2.37. The fourth-order valence-corrected chi connectivity index (χ4v) is 2.37. The number of fused-ring (bicyclic) bond motifs is 1. The second kappa shape index (κ2) is 6.60. The van der Waals surface area contributed by atoms with E-state index < -0.39 is 10.1 Å². The average molecular weight is 316 g/mol. The molecule has 0 aliphatic carbocycles. The van der Waals surface area contributed by atoms with Crippen molar-refractivity contribution in [2.75, 3.05) is 0 Å². The van der Waals surface area contributed by atoms with Crippen LogP contribution in [0.3, 0.4) is 0 Å². The van der Waals surface area contributed by atoms with Crippen molar-refractivity contribution >= 4 is 20.9 Å². The van der Waals surface area contributed by atoms with Crippen molar-refractivity contribution in [3.63, 3.8) is 0 Å². The summed E-state index contributed by atoms with van der Waals surface area (Å²) in [4.78, 5) is -0.0666. The summed E-state index contributed by atoms with van der Waals surface area (Å²) in [5.41, 5.74) is 0.956. The van der Waals surface area contributed by atoms with Gasteiger partial charge >= 0.3 is 0 Å². The molecule has 0 bridgehead atoms. The summed E-state index contributed by atoms with van der Waals surface area (Å²) in [6.45, 7) is 1.84. The first-order valence-corrected chi connectivity index (χ1v) is 8.02. The summed E-state index contributed by atoms with van der Waals surface area (Å²) in [6, 6.07) is 19.3. The highest BCUT2D eigenvalue weighted by molar-refractivity contribution is 7.85. The first-order valence-electron chi connectivity index (χ1n) is 6.58. The van der Waals surface area contributed by atoms with E-state index in [0.29, 0.717) is 5.75 Å². The summed E-state index contributed by atoms with van der Waals surface area (Å²) in [6.07, 6.45) is 0. The molecule has 0 saturated heterocycles. The number of hydrogen-bond acceptors (Lipinski definition) is 3. The van der Waals surface area contributed by atoms with Gasteiger partial charge in [0.25, 0.3) is 10.1 Å². The van der Waals surface area contributed by atoms with Gasteiger partial charge < -0.3 is 5.11 Å². The molecule has 2 N–H and O–H groups in total. The van der Waals surface area contributed by atoms with Crippen LogP contribution < -0.4 is 0 Å². The van der Waals surface area contributed by atoms with Crippen molar-refractivity contribution in [1.29, 1.82) is 0 Å². The van der Waals surface area contributed by atoms with E-state index in [1.54, 1.807) is 24.3 Å². The van der Waals surface area contributed by atoms with Gasteiger partial charge in [-0.25, -0.2) is 0 Å². The molecule has 5 heteroatoms. The Labute approximate surface area is 129 Å². The quantitative estimate of drug-likeness (QED) is 0.670. The number of phenolic OH excluding ortho intramolecular Hbond substituents is 1. The van der Waals surface area contributed by atoms with E-state index in [1.165, 1.54) is 12.1 Å². The van der Waals surface area contributed by atoms with E-state index in [-0.39, 0.29) is 4.90 Å². The highest BCUT2D eigenvalue weighted by Crippen LogP contribution is 2.18. The highest BCUT2D eigenvalue weighted by Gasteiger charge is 2.06. The minimum atomic E-state index is -4.02. The monoisotopic (exact) mass is 316 g/mol. The number of hydrogen-bond donors (Lipinski definition) is 2. The van der Waals surface area contributed by atoms with Crippen LogP contribution in [0.25, 0.3) is 10.8 Å². The molecule has 4 nitrogen and oxygen atoms in total. The van der Waals surface area contributed by atoms with Crippen LogP contribution in [0.2, 0.25) is 0 Å². The first-order chi connectivity index (χ1) is 10.4. The Morgan fingerprint density at radius 2 is 1.41 bits per heavy atom. The molecule has 0 unspecified atom stereocenters. The summed E-state index contributed by atoms with van der Waals surface area (Å²) in [5.74, 6) is 0.323. The highest BCUT2D eigenvalue weighted by atomic mass is 32.2. The molecule has 3 rings (SSSR count). The standard InChI is InChI=1S/C10H8O.C7H8O3S/c11-10-6-5-8-3-1-2-4-9(8)7-10;1-6-2-4-7(5-3-6)11(8,9)10/h1-7,11H;2-5H,1H3,(H,8,9,10). The summed E-state index contributed by atoms with van der Waals surface area (Å²) >= 11 is 0. The van der Waals surface area contributed by atoms with Gasteiger partial charge in [-0.2, -0.15) is 8.42 Å². The van der Waals surface area contributed by atoms with E-state index in [0.717, 1.165) is 16.3 Å². The SMILES string of the molecule is Cc1ccc(S(=O)(=O)O)cc1.Oc1ccc2ccccc2c1. The van der Waals surface area contributed by atoms with Crippen LogP contribution in [0.5, 0.6) is 5.75 Å². The zero-order valence-corrected chi connectivity index (χ0v) is 12.8. The fraction of sp³-hybridized carbons (Fsp3) is 0.0588. The minimum Gasteiger partial charge on any atom is -0.508 e. The average Bonchev–Trinajstić information content (AvgIpc) is 2.47. The number of aryl methyl sites for hydroxylation is 1. The Kier molecular flexibility index (Phi) is 4.80. The topological polar surface area (TPSA) is 74.6 Å². The second-order valence-corrected chi connectivity index (χ2v) is 6.24. The Bertz CT molecular complexity index is 869. The maximum atomic E-state index is 10.5. The lowest BCUT2D eigenvalue weighted by atomic mass is 10.1. The van der Waals surface area contributed by atoms with Gasteiger partial charge in [0.2, 0.25) is 0 Å². The molecule has 114 valence electrons. The van der Waals surface area contributed by atoms with Gasteiger partial charge in [0.05, 0.1) is 4.90 Å². The van der Waals surface area contributed by atoms with Gasteiger partial charge in [0.15, 0.2) is 0 Å². The van der Waals surface area contributed by atoms with Gasteiger partial charge in [-0.15, -0.1) is 0 Å². The van der Waals surface area contributed by atoms with E-state index in [1.807, 2.05) is 37.3 Å². The number of rotatable bonds is 1. The van der Waals surface area contributed by atoms with Crippen LogP contribution in [0, 0.1) is 6.92 Å². The molecule has 0 heterocycles. The molecule has 0 aliphatic heterocycles. The van der Waals surface area contributed by atoms with Crippen LogP contribution >= 0.6 is 0 Å². The third kappa shape index (κ3) is 4.31. The molecule has 0 fully saturated rings. The van der Waals surface area contributed by atoms with Crippen molar-refractivity contribution < 1.29 is 18.1 Å². The number of benzene rings is 3. The van der Waals surface area contributed by atoms with Crippen molar-refractivity contribution in [2.45, 2.75) is 11.8 Å². The number of phenols is 1. The maximum Gasteiger partial charge on any atom is 0.294 e. The molecule has 22 heavy (non-hydrogen) atoms. The Morgan fingerprint density at radius 1 is 0.818 bits per heavy atom. The van der Waals surface area contributed by atoms with E-state index >= 15 is 0 Å². The molecular formula is C17H16O4S. The third-order valence-electron chi connectivity index (χ3n) is 3.05. The largest absolute Gasteiger partial charge is 0.508 e. The molecular weight excluding hydrogens is 300 g/mol. The van der Waals surface area contributed by atoms with Crippen LogP contribution in [0.4, 0.5) is 0 Å². The molecule has 0 radical (unpaired) electrons.